The molecule has 0 unspecified atom stereocenters. The summed E-state index contributed by atoms with van der Waals surface area (Å²) in [5, 5.41) is 7.31. The number of aryl methyl sites for hydroxylation is 1. The third kappa shape index (κ3) is 5.23. The third-order valence-corrected chi connectivity index (χ3v) is 3.16. The minimum Gasteiger partial charge on any atom is -0.370 e. The second-order valence-corrected chi connectivity index (χ2v) is 5.91. The van der Waals surface area contributed by atoms with Gasteiger partial charge in [0.1, 0.15) is 5.82 Å². The van der Waals surface area contributed by atoms with Gasteiger partial charge < -0.3 is 10.6 Å². The summed E-state index contributed by atoms with van der Waals surface area (Å²) in [5.74, 6) is 2.07. The Hall–Kier alpha value is -1.81. The maximum atomic E-state index is 5.88. The minimum absolute atomic E-state index is 0.575. The molecule has 21 heavy (non-hydrogen) atoms. The van der Waals surface area contributed by atoms with Crippen LogP contribution < -0.4 is 10.6 Å². The van der Waals surface area contributed by atoms with Gasteiger partial charge in [0.05, 0.1) is 0 Å². The highest BCUT2D eigenvalue weighted by Gasteiger charge is 2.03. The fraction of sp³-hybridized carbons (Fsp3) is 0.375. The van der Waals surface area contributed by atoms with Crippen molar-refractivity contribution in [1.82, 2.24) is 9.97 Å². The summed E-state index contributed by atoms with van der Waals surface area (Å²) < 4.78 is 0. The zero-order valence-corrected chi connectivity index (χ0v) is 13.4. The highest BCUT2D eigenvalue weighted by molar-refractivity contribution is 6.30. The largest absolute Gasteiger partial charge is 0.370 e. The molecular weight excluding hydrogens is 284 g/mol. The fourth-order valence-electron chi connectivity index (χ4n) is 1.83. The van der Waals surface area contributed by atoms with Crippen LogP contribution in [0.5, 0.6) is 0 Å². The van der Waals surface area contributed by atoms with Crippen molar-refractivity contribution in [3.8, 4) is 0 Å². The molecule has 1 aromatic heterocycles. The maximum Gasteiger partial charge on any atom is 0.225 e. The van der Waals surface area contributed by atoms with Crippen LogP contribution in [0.2, 0.25) is 5.02 Å². The van der Waals surface area contributed by atoms with Crippen molar-refractivity contribution in [3.63, 3.8) is 0 Å². The predicted molar refractivity (Wildman–Crippen MR) is 88.9 cm³/mol. The molecule has 0 fully saturated rings. The molecule has 0 spiro atoms. The normalized spacial score (nSPS) is 10.7. The summed E-state index contributed by atoms with van der Waals surface area (Å²) in [7, 11) is 0. The molecule has 0 radical (unpaired) electrons. The van der Waals surface area contributed by atoms with Gasteiger partial charge >= 0.3 is 0 Å². The van der Waals surface area contributed by atoms with Crippen LogP contribution >= 0.6 is 11.6 Å². The first-order valence-corrected chi connectivity index (χ1v) is 7.48. The quantitative estimate of drug-likeness (QED) is 0.843. The molecule has 1 aromatic carbocycles. The van der Waals surface area contributed by atoms with E-state index in [1.165, 1.54) is 0 Å². The van der Waals surface area contributed by atoms with Crippen LogP contribution in [0, 0.1) is 12.8 Å². The van der Waals surface area contributed by atoms with Crippen LogP contribution in [-0.2, 0) is 6.54 Å². The Kier molecular flexibility index (Phi) is 5.39. The second-order valence-electron chi connectivity index (χ2n) is 5.47. The number of halogens is 1. The number of hydrogen-bond donors (Lipinski definition) is 2. The number of hydrogen-bond acceptors (Lipinski definition) is 4. The predicted octanol–water partition coefficient (Wildman–Crippen LogP) is 4.12. The fourth-order valence-corrected chi connectivity index (χ4v) is 1.96. The van der Waals surface area contributed by atoms with E-state index >= 15 is 0 Å². The Balaban J connectivity index is 2.00. The van der Waals surface area contributed by atoms with E-state index in [9.17, 15) is 0 Å². The monoisotopic (exact) mass is 304 g/mol. The number of nitrogens with zero attached hydrogens (tertiary/aromatic N) is 2. The summed E-state index contributed by atoms with van der Waals surface area (Å²) in [4.78, 5) is 8.88. The molecule has 112 valence electrons. The van der Waals surface area contributed by atoms with Crippen LogP contribution in [0.25, 0.3) is 0 Å². The van der Waals surface area contributed by atoms with Gasteiger partial charge in [-0.2, -0.15) is 4.98 Å². The van der Waals surface area contributed by atoms with Crippen LogP contribution in [0.3, 0.4) is 0 Å². The highest BCUT2D eigenvalue weighted by atomic mass is 35.5. The SMILES string of the molecule is Cc1cc(NCC(C)C)nc(NCc2ccc(Cl)cc2)n1. The van der Waals surface area contributed by atoms with E-state index in [1.807, 2.05) is 37.3 Å². The average molecular weight is 305 g/mol. The Morgan fingerprint density at radius 2 is 1.81 bits per heavy atom. The lowest BCUT2D eigenvalue weighted by atomic mass is 10.2. The van der Waals surface area contributed by atoms with Crippen molar-refractivity contribution >= 4 is 23.4 Å². The van der Waals surface area contributed by atoms with Crippen LogP contribution in [0.15, 0.2) is 30.3 Å². The summed E-state index contributed by atoms with van der Waals surface area (Å²) >= 11 is 5.88. The number of benzene rings is 1. The molecule has 0 aliphatic carbocycles. The molecule has 0 aliphatic heterocycles. The van der Waals surface area contributed by atoms with Gasteiger partial charge in [0, 0.05) is 29.9 Å². The van der Waals surface area contributed by atoms with Gasteiger partial charge in [0.25, 0.3) is 0 Å². The first-order chi connectivity index (χ1) is 10.0. The summed E-state index contributed by atoms with van der Waals surface area (Å²) in [5.41, 5.74) is 2.08. The third-order valence-electron chi connectivity index (χ3n) is 2.91. The van der Waals surface area contributed by atoms with Gasteiger partial charge in [-0.15, -0.1) is 0 Å². The van der Waals surface area contributed by atoms with Gasteiger partial charge in [-0.25, -0.2) is 4.98 Å². The van der Waals surface area contributed by atoms with Gasteiger partial charge in [-0.3, -0.25) is 0 Å². The zero-order chi connectivity index (χ0) is 15.2. The molecule has 1 heterocycles. The lowest BCUT2D eigenvalue weighted by Crippen LogP contribution is -2.11. The standard InChI is InChI=1S/C16H21ClN4/c1-11(2)9-18-15-8-12(3)20-16(21-15)19-10-13-4-6-14(17)7-5-13/h4-8,11H,9-10H2,1-3H3,(H2,18,19,20,21). The number of aromatic nitrogens is 2. The lowest BCUT2D eigenvalue weighted by molar-refractivity contribution is 0.686. The molecule has 0 aliphatic rings. The smallest absolute Gasteiger partial charge is 0.225 e. The van der Waals surface area contributed by atoms with Crippen molar-refractivity contribution < 1.29 is 0 Å². The Labute approximate surface area is 131 Å². The average Bonchev–Trinajstić information content (AvgIpc) is 2.44. The van der Waals surface area contributed by atoms with Crippen LogP contribution in [0.4, 0.5) is 11.8 Å². The Morgan fingerprint density at radius 3 is 2.48 bits per heavy atom. The molecule has 0 amide bonds. The number of rotatable bonds is 6. The molecule has 0 atom stereocenters. The van der Waals surface area contributed by atoms with Gasteiger partial charge in [0.2, 0.25) is 5.95 Å². The van der Waals surface area contributed by atoms with E-state index in [1.54, 1.807) is 0 Å². The van der Waals surface area contributed by atoms with Crippen LogP contribution in [0.1, 0.15) is 25.1 Å². The molecule has 5 heteroatoms. The molecule has 4 nitrogen and oxygen atoms in total. The minimum atomic E-state index is 0.575. The summed E-state index contributed by atoms with van der Waals surface area (Å²) in [6.45, 7) is 7.87. The van der Waals surface area contributed by atoms with E-state index in [-0.39, 0.29) is 0 Å². The first kappa shape index (κ1) is 15.6. The van der Waals surface area contributed by atoms with E-state index in [2.05, 4.69) is 34.4 Å². The van der Waals surface area contributed by atoms with E-state index < -0.39 is 0 Å². The molecule has 0 saturated carbocycles. The van der Waals surface area contributed by atoms with E-state index in [4.69, 9.17) is 11.6 Å². The van der Waals surface area contributed by atoms with Gasteiger partial charge in [-0.05, 0) is 30.5 Å². The lowest BCUT2D eigenvalue weighted by Gasteiger charge is -2.11. The topological polar surface area (TPSA) is 49.8 Å². The first-order valence-electron chi connectivity index (χ1n) is 7.11. The van der Waals surface area contributed by atoms with Gasteiger partial charge in [0.15, 0.2) is 0 Å². The van der Waals surface area contributed by atoms with Crippen molar-refractivity contribution in [3.05, 3.63) is 46.6 Å². The maximum absolute atomic E-state index is 5.88. The molecule has 2 aromatic rings. The van der Waals surface area contributed by atoms with Crippen molar-refractivity contribution in [2.45, 2.75) is 27.3 Å². The molecule has 0 saturated heterocycles. The Morgan fingerprint density at radius 1 is 1.10 bits per heavy atom. The second kappa shape index (κ2) is 7.27. The van der Waals surface area contributed by atoms with E-state index in [0.717, 1.165) is 28.6 Å². The summed E-state index contributed by atoms with van der Waals surface area (Å²) in [6.07, 6.45) is 0. The zero-order valence-electron chi connectivity index (χ0n) is 12.7. The number of anilines is 2. The van der Waals surface area contributed by atoms with Crippen molar-refractivity contribution in [1.29, 1.82) is 0 Å². The van der Waals surface area contributed by atoms with Gasteiger partial charge in [-0.1, -0.05) is 37.6 Å². The van der Waals surface area contributed by atoms with Crippen molar-refractivity contribution in [2.75, 3.05) is 17.2 Å². The van der Waals surface area contributed by atoms with Crippen LogP contribution in [-0.4, -0.2) is 16.5 Å². The molecule has 0 bridgehead atoms. The van der Waals surface area contributed by atoms with E-state index in [0.29, 0.717) is 18.4 Å². The number of nitrogens with one attached hydrogen (secondary N) is 2. The summed E-state index contributed by atoms with van der Waals surface area (Å²) in [6, 6.07) is 9.69. The molecule has 2 rings (SSSR count). The van der Waals surface area contributed by atoms with Crippen molar-refractivity contribution in [2.24, 2.45) is 5.92 Å². The molecule has 2 N–H and O–H groups in total. The Bertz CT molecular complexity index is 581. The highest BCUT2D eigenvalue weighted by Crippen LogP contribution is 2.13. The molecular formula is C16H21ClN4.